The molecule has 5 rings (SSSR count). The molecular weight excluding hydrogens is 408 g/mol. The van der Waals surface area contributed by atoms with Crippen LogP contribution in [-0.4, -0.2) is 51.2 Å². The Morgan fingerprint density at radius 2 is 1.94 bits per heavy atom. The van der Waals surface area contributed by atoms with E-state index in [1.165, 1.54) is 0 Å². The summed E-state index contributed by atoms with van der Waals surface area (Å²) in [7, 11) is 0. The minimum Gasteiger partial charge on any atom is -0.477 e. The number of nitrogens with zero attached hydrogens (tertiary/aromatic N) is 7. The lowest BCUT2D eigenvalue weighted by Crippen LogP contribution is -2.06. The Hall–Kier alpha value is -4.47. The molecule has 0 saturated carbocycles. The number of aromatic amines is 1. The van der Waals surface area contributed by atoms with E-state index < -0.39 is 5.97 Å². The highest BCUT2D eigenvalue weighted by Gasteiger charge is 2.16. The number of aryl methyl sites for hydroxylation is 2. The first-order chi connectivity index (χ1) is 15.5. The van der Waals surface area contributed by atoms with Gasteiger partial charge in [-0.3, -0.25) is 4.98 Å². The normalized spacial score (nSPS) is 11.2. The second kappa shape index (κ2) is 7.65. The standard InChI is InChI=1S/C22H18N8O2/c1-12-10-17(22(31)32)25-21-18(12)24-13(2)30(21)11-14-5-7-15(8-6-14)19-16(4-3-9-23-19)20-26-28-29-27-20/h3-10H,11H2,1-2H3,(H,31,32)(H,26,27,28,29). The smallest absolute Gasteiger partial charge is 0.354 e. The summed E-state index contributed by atoms with van der Waals surface area (Å²) in [6.45, 7) is 4.25. The van der Waals surface area contributed by atoms with Crippen LogP contribution in [-0.2, 0) is 6.54 Å². The molecule has 158 valence electrons. The first kappa shape index (κ1) is 19.5. The minimum atomic E-state index is -1.06. The molecule has 0 bridgehead atoms. The molecule has 0 unspecified atom stereocenters. The number of pyridine rings is 2. The summed E-state index contributed by atoms with van der Waals surface area (Å²) >= 11 is 0. The third-order valence-electron chi connectivity index (χ3n) is 5.28. The predicted octanol–water partition coefficient (Wildman–Crippen LogP) is 3.04. The summed E-state index contributed by atoms with van der Waals surface area (Å²) in [5.41, 5.74) is 5.60. The van der Waals surface area contributed by atoms with Crippen molar-refractivity contribution < 1.29 is 9.90 Å². The van der Waals surface area contributed by atoms with Crippen LogP contribution in [0.15, 0.2) is 48.7 Å². The van der Waals surface area contributed by atoms with E-state index in [1.54, 1.807) is 12.3 Å². The molecule has 32 heavy (non-hydrogen) atoms. The van der Waals surface area contributed by atoms with Gasteiger partial charge in [-0.15, -0.1) is 5.10 Å². The highest BCUT2D eigenvalue weighted by Crippen LogP contribution is 2.28. The third kappa shape index (κ3) is 3.37. The lowest BCUT2D eigenvalue weighted by Gasteiger charge is -2.09. The molecule has 0 amide bonds. The number of tetrazole rings is 1. The van der Waals surface area contributed by atoms with Gasteiger partial charge < -0.3 is 9.67 Å². The highest BCUT2D eigenvalue weighted by atomic mass is 16.4. The van der Waals surface area contributed by atoms with Crippen molar-refractivity contribution in [1.29, 1.82) is 0 Å². The van der Waals surface area contributed by atoms with Gasteiger partial charge in [0.05, 0.1) is 12.2 Å². The van der Waals surface area contributed by atoms with Crippen molar-refractivity contribution in [3.8, 4) is 22.6 Å². The van der Waals surface area contributed by atoms with Gasteiger partial charge in [-0.25, -0.2) is 19.9 Å². The molecular formula is C22H18N8O2. The van der Waals surface area contributed by atoms with Gasteiger partial charge in [0.25, 0.3) is 0 Å². The Morgan fingerprint density at radius 1 is 1.12 bits per heavy atom. The fourth-order valence-electron chi connectivity index (χ4n) is 3.70. The second-order valence-electron chi connectivity index (χ2n) is 7.39. The molecule has 0 aliphatic heterocycles. The average molecular weight is 426 g/mol. The molecule has 0 atom stereocenters. The minimum absolute atomic E-state index is 0.0103. The number of rotatable bonds is 5. The Morgan fingerprint density at radius 3 is 2.66 bits per heavy atom. The van der Waals surface area contributed by atoms with Crippen molar-refractivity contribution in [3.63, 3.8) is 0 Å². The van der Waals surface area contributed by atoms with Crippen LogP contribution in [0.4, 0.5) is 0 Å². The van der Waals surface area contributed by atoms with E-state index in [0.29, 0.717) is 23.5 Å². The zero-order valence-electron chi connectivity index (χ0n) is 17.3. The maximum atomic E-state index is 11.4. The molecule has 5 aromatic rings. The van der Waals surface area contributed by atoms with Gasteiger partial charge in [0.15, 0.2) is 17.2 Å². The van der Waals surface area contributed by atoms with Crippen molar-refractivity contribution in [2.24, 2.45) is 0 Å². The van der Waals surface area contributed by atoms with Crippen LogP contribution >= 0.6 is 0 Å². The van der Waals surface area contributed by atoms with E-state index >= 15 is 0 Å². The lowest BCUT2D eigenvalue weighted by molar-refractivity contribution is 0.0690. The Bertz CT molecular complexity index is 1440. The van der Waals surface area contributed by atoms with Gasteiger partial charge in [-0.05, 0) is 53.6 Å². The van der Waals surface area contributed by atoms with Gasteiger partial charge in [0.2, 0.25) is 0 Å². The van der Waals surface area contributed by atoms with Gasteiger partial charge in [-0.1, -0.05) is 24.3 Å². The van der Waals surface area contributed by atoms with Gasteiger partial charge in [0.1, 0.15) is 11.3 Å². The molecule has 0 spiro atoms. The van der Waals surface area contributed by atoms with E-state index in [9.17, 15) is 9.90 Å². The summed E-state index contributed by atoms with van der Waals surface area (Å²) in [5, 5.41) is 23.4. The fraction of sp³-hybridized carbons (Fsp3) is 0.136. The van der Waals surface area contributed by atoms with E-state index in [1.807, 2.05) is 54.8 Å². The average Bonchev–Trinajstić information content (AvgIpc) is 3.44. The van der Waals surface area contributed by atoms with Crippen molar-refractivity contribution >= 4 is 17.1 Å². The van der Waals surface area contributed by atoms with Crippen LogP contribution in [0.3, 0.4) is 0 Å². The maximum Gasteiger partial charge on any atom is 0.354 e. The Kier molecular flexibility index (Phi) is 4.66. The molecule has 0 aliphatic carbocycles. The monoisotopic (exact) mass is 426 g/mol. The first-order valence-corrected chi connectivity index (χ1v) is 9.87. The van der Waals surface area contributed by atoms with Crippen LogP contribution in [0, 0.1) is 13.8 Å². The summed E-state index contributed by atoms with van der Waals surface area (Å²) in [5.74, 6) is 0.262. The Balaban J connectivity index is 1.50. The van der Waals surface area contributed by atoms with Crippen molar-refractivity contribution in [1.82, 2.24) is 40.1 Å². The van der Waals surface area contributed by atoms with Crippen molar-refractivity contribution in [2.45, 2.75) is 20.4 Å². The molecule has 0 saturated heterocycles. The Labute approximate surface area is 182 Å². The summed E-state index contributed by atoms with van der Waals surface area (Å²) in [6, 6.07) is 13.3. The van der Waals surface area contributed by atoms with E-state index in [4.69, 9.17) is 0 Å². The molecule has 4 aromatic heterocycles. The van der Waals surface area contributed by atoms with Gasteiger partial charge in [-0.2, -0.15) is 0 Å². The van der Waals surface area contributed by atoms with Crippen LogP contribution in [0.25, 0.3) is 33.8 Å². The molecule has 4 heterocycles. The largest absolute Gasteiger partial charge is 0.477 e. The number of carboxylic acid groups (broad SMARTS) is 1. The van der Waals surface area contributed by atoms with Gasteiger partial charge >= 0.3 is 5.97 Å². The van der Waals surface area contributed by atoms with E-state index in [-0.39, 0.29) is 5.69 Å². The topological polar surface area (TPSA) is 135 Å². The number of aromatic nitrogens is 8. The van der Waals surface area contributed by atoms with Crippen molar-refractivity contribution in [3.05, 3.63) is 71.3 Å². The predicted molar refractivity (Wildman–Crippen MR) is 116 cm³/mol. The summed E-state index contributed by atoms with van der Waals surface area (Å²) < 4.78 is 1.93. The number of hydrogen-bond donors (Lipinski definition) is 2. The van der Waals surface area contributed by atoms with E-state index in [0.717, 1.165) is 33.8 Å². The molecule has 0 aliphatic rings. The van der Waals surface area contributed by atoms with Crippen LogP contribution < -0.4 is 0 Å². The number of carboxylic acids is 1. The summed E-state index contributed by atoms with van der Waals surface area (Å²) in [6.07, 6.45) is 1.73. The number of H-pyrrole nitrogens is 1. The lowest BCUT2D eigenvalue weighted by atomic mass is 10.0. The first-order valence-electron chi connectivity index (χ1n) is 9.87. The SMILES string of the molecule is Cc1cc(C(=O)O)nc2c1nc(C)n2Cc1ccc(-c2ncccc2-c2nnn[nH]2)cc1. The number of fused-ring (bicyclic) bond motifs is 1. The number of imidazole rings is 1. The fourth-order valence-corrected chi connectivity index (χ4v) is 3.70. The quantitative estimate of drug-likeness (QED) is 0.438. The van der Waals surface area contributed by atoms with Crippen LogP contribution in [0.2, 0.25) is 0 Å². The van der Waals surface area contributed by atoms with Crippen LogP contribution in [0.5, 0.6) is 0 Å². The molecule has 10 heteroatoms. The number of benzene rings is 1. The molecule has 2 N–H and O–H groups in total. The zero-order valence-corrected chi connectivity index (χ0v) is 17.3. The number of aromatic carboxylic acids is 1. The number of carbonyl (C=O) groups is 1. The third-order valence-corrected chi connectivity index (χ3v) is 5.28. The molecule has 1 aromatic carbocycles. The van der Waals surface area contributed by atoms with Crippen molar-refractivity contribution in [2.75, 3.05) is 0 Å². The molecule has 0 fully saturated rings. The number of nitrogens with one attached hydrogen (secondary N) is 1. The van der Waals surface area contributed by atoms with Crippen LogP contribution in [0.1, 0.15) is 27.4 Å². The molecule has 0 radical (unpaired) electrons. The maximum absolute atomic E-state index is 11.4. The summed E-state index contributed by atoms with van der Waals surface area (Å²) in [4.78, 5) is 24.9. The zero-order chi connectivity index (χ0) is 22.2. The van der Waals surface area contributed by atoms with Gasteiger partial charge in [0, 0.05) is 17.3 Å². The number of hydrogen-bond acceptors (Lipinski definition) is 7. The molecule has 10 nitrogen and oxygen atoms in total. The van der Waals surface area contributed by atoms with E-state index in [2.05, 4.69) is 35.6 Å². The second-order valence-corrected chi connectivity index (χ2v) is 7.39. The highest BCUT2D eigenvalue weighted by molar-refractivity contribution is 5.89.